The molecule has 1 atom stereocenters. The molecule has 1 amide bonds. The van der Waals surface area contributed by atoms with Gasteiger partial charge in [0, 0.05) is 23.6 Å². The van der Waals surface area contributed by atoms with Crippen molar-refractivity contribution in [3.63, 3.8) is 0 Å². The van der Waals surface area contributed by atoms with Crippen LogP contribution < -0.4 is 5.32 Å². The highest BCUT2D eigenvalue weighted by Crippen LogP contribution is 2.32. The van der Waals surface area contributed by atoms with E-state index in [2.05, 4.69) is 10.4 Å². The van der Waals surface area contributed by atoms with Gasteiger partial charge in [-0.3, -0.25) is 0 Å². The number of halogens is 3. The summed E-state index contributed by atoms with van der Waals surface area (Å²) in [5.41, 5.74) is -0.139. The third-order valence-corrected chi connectivity index (χ3v) is 4.85. The molecule has 0 radical (unpaired) electrons. The summed E-state index contributed by atoms with van der Waals surface area (Å²) < 4.78 is 52.6. The smallest absolute Gasteiger partial charge is 0.343 e. The molecule has 1 aromatic carbocycles. The van der Waals surface area contributed by atoms with Gasteiger partial charge in [0.05, 0.1) is 26.0 Å². The predicted molar refractivity (Wildman–Crippen MR) is 100 cm³/mol. The Morgan fingerprint density at radius 1 is 1.20 bits per heavy atom. The van der Waals surface area contributed by atoms with E-state index in [1.165, 1.54) is 7.11 Å². The molecule has 2 aromatic rings. The van der Waals surface area contributed by atoms with Gasteiger partial charge in [-0.2, -0.15) is 9.78 Å². The molecule has 3 rings (SSSR count). The number of carbonyl (C=O) groups excluding carboxylic acids is 2. The van der Waals surface area contributed by atoms with Crippen LogP contribution >= 0.6 is 0 Å². The molecule has 1 aliphatic heterocycles. The first kappa shape index (κ1) is 21.8. The monoisotopic (exact) mass is 425 g/mol. The first-order valence-electron chi connectivity index (χ1n) is 9.26. The molecule has 30 heavy (non-hydrogen) atoms. The van der Waals surface area contributed by atoms with Crippen molar-refractivity contribution < 1.29 is 32.2 Å². The maximum absolute atomic E-state index is 14.4. The average molecular weight is 425 g/mol. The van der Waals surface area contributed by atoms with Gasteiger partial charge >= 0.3 is 12.0 Å². The molecule has 1 aliphatic rings. The van der Waals surface area contributed by atoms with Gasteiger partial charge in [-0.1, -0.05) is 20.8 Å². The molecule has 1 N–H and O–H groups in total. The van der Waals surface area contributed by atoms with Crippen LogP contribution in [0.5, 0.6) is 0 Å². The third-order valence-electron chi connectivity index (χ3n) is 4.85. The highest BCUT2D eigenvalue weighted by Gasteiger charge is 2.35. The molecule has 1 unspecified atom stereocenters. The van der Waals surface area contributed by atoms with E-state index in [9.17, 15) is 22.8 Å². The summed E-state index contributed by atoms with van der Waals surface area (Å²) in [6.45, 7) is 5.58. The molecule has 10 heteroatoms. The minimum atomic E-state index is -1.33. The van der Waals surface area contributed by atoms with Crippen molar-refractivity contribution in [1.82, 2.24) is 15.1 Å². The number of nitrogens with zero attached hydrogens (tertiary/aromatic N) is 2. The van der Waals surface area contributed by atoms with Crippen molar-refractivity contribution in [3.05, 3.63) is 40.8 Å². The average Bonchev–Trinajstić information content (AvgIpc) is 3.07. The topological polar surface area (TPSA) is 82.5 Å². The Morgan fingerprint density at radius 2 is 1.87 bits per heavy atom. The van der Waals surface area contributed by atoms with Gasteiger partial charge in [0.1, 0.15) is 17.6 Å². The number of rotatable bonds is 3. The summed E-state index contributed by atoms with van der Waals surface area (Å²) in [7, 11) is 1.21. The number of ether oxygens (including phenoxy) is 2. The zero-order valence-electron chi connectivity index (χ0n) is 17.0. The van der Waals surface area contributed by atoms with E-state index < -0.39 is 40.9 Å². The Balaban J connectivity index is 2.06. The van der Waals surface area contributed by atoms with Gasteiger partial charge in [0.15, 0.2) is 11.6 Å². The van der Waals surface area contributed by atoms with Crippen LogP contribution in [0, 0.1) is 22.9 Å². The van der Waals surface area contributed by atoms with Crippen molar-refractivity contribution in [2.75, 3.05) is 13.7 Å². The number of fused-ring (bicyclic) bond motifs is 1. The van der Waals surface area contributed by atoms with Crippen LogP contribution in [0.2, 0.25) is 0 Å². The number of amides is 1. The van der Waals surface area contributed by atoms with Crippen molar-refractivity contribution in [2.24, 2.45) is 5.41 Å². The molecular weight excluding hydrogens is 403 g/mol. The van der Waals surface area contributed by atoms with E-state index in [-0.39, 0.29) is 17.9 Å². The van der Waals surface area contributed by atoms with Crippen LogP contribution in [0.1, 0.15) is 32.0 Å². The highest BCUT2D eigenvalue weighted by atomic mass is 19.2. The maximum Gasteiger partial charge on any atom is 0.343 e. The summed E-state index contributed by atoms with van der Waals surface area (Å²) in [5, 5.41) is 6.75. The van der Waals surface area contributed by atoms with Crippen LogP contribution in [0.15, 0.2) is 12.1 Å². The lowest BCUT2D eigenvalue weighted by molar-refractivity contribution is -0.145. The van der Waals surface area contributed by atoms with Crippen molar-refractivity contribution in [1.29, 1.82) is 0 Å². The summed E-state index contributed by atoms with van der Waals surface area (Å²) >= 11 is 0. The van der Waals surface area contributed by atoms with Crippen LogP contribution in [0.4, 0.5) is 18.0 Å². The lowest BCUT2D eigenvalue weighted by Gasteiger charge is -2.29. The van der Waals surface area contributed by atoms with Crippen LogP contribution in [0.25, 0.3) is 11.3 Å². The summed E-state index contributed by atoms with van der Waals surface area (Å²) in [6, 6.07) is -0.589. The molecule has 0 spiro atoms. The summed E-state index contributed by atoms with van der Waals surface area (Å²) in [5.74, 6) is -4.22. The number of nitrogens with one attached hydrogen (secondary N) is 1. The van der Waals surface area contributed by atoms with Crippen LogP contribution in [-0.4, -0.2) is 41.5 Å². The zero-order chi connectivity index (χ0) is 22.2. The van der Waals surface area contributed by atoms with Crippen LogP contribution in [-0.2, 0) is 27.3 Å². The molecule has 0 aliphatic carbocycles. The van der Waals surface area contributed by atoms with Crippen LogP contribution in [0.3, 0.4) is 0 Å². The standard InChI is InChI=1S/C20H22F3N3O4/c1-20(2,3)17(18(27)29-4)24-19(28)26-15-5-6-30-9-11(15)16(25-26)10-7-13(22)14(23)8-12(10)21/h7-8,17H,5-6,9H2,1-4H3,(H,24,28). The Bertz CT molecular complexity index is 998. The largest absolute Gasteiger partial charge is 0.467 e. The zero-order valence-corrected chi connectivity index (χ0v) is 17.0. The molecule has 0 fully saturated rings. The van der Waals surface area contributed by atoms with Gasteiger partial charge < -0.3 is 14.8 Å². The van der Waals surface area contributed by atoms with E-state index >= 15 is 0 Å². The molecule has 162 valence electrons. The first-order chi connectivity index (χ1) is 14.0. The molecule has 1 aromatic heterocycles. The van der Waals surface area contributed by atoms with Gasteiger partial charge in [-0.25, -0.2) is 22.8 Å². The van der Waals surface area contributed by atoms with Gasteiger partial charge in [0.25, 0.3) is 0 Å². The minimum Gasteiger partial charge on any atom is -0.467 e. The SMILES string of the molecule is COC(=O)C(NC(=O)n1nc(-c2cc(F)c(F)cc2F)c2c1CCOC2)C(C)(C)C. The molecule has 0 saturated heterocycles. The van der Waals surface area contributed by atoms with E-state index in [4.69, 9.17) is 9.47 Å². The predicted octanol–water partition coefficient (Wildman–Crippen LogP) is 3.19. The second kappa shape index (κ2) is 8.10. The van der Waals surface area contributed by atoms with Crippen molar-refractivity contribution in [2.45, 2.75) is 39.8 Å². The number of benzene rings is 1. The van der Waals surface area contributed by atoms with Crippen molar-refractivity contribution >= 4 is 12.0 Å². The van der Waals surface area contributed by atoms with E-state index in [0.717, 1.165) is 4.68 Å². The van der Waals surface area contributed by atoms with Crippen molar-refractivity contribution in [3.8, 4) is 11.3 Å². The summed E-state index contributed by atoms with van der Waals surface area (Å²) in [6.07, 6.45) is 0.291. The molecule has 7 nitrogen and oxygen atoms in total. The third kappa shape index (κ3) is 4.04. The Labute approximate surface area is 171 Å². The lowest BCUT2D eigenvalue weighted by atomic mass is 9.87. The van der Waals surface area contributed by atoms with E-state index in [1.54, 1.807) is 20.8 Å². The molecule has 0 bridgehead atoms. The van der Waals surface area contributed by atoms with Gasteiger partial charge in [-0.15, -0.1) is 0 Å². The highest BCUT2D eigenvalue weighted by molar-refractivity contribution is 5.86. The maximum atomic E-state index is 14.4. The van der Waals surface area contributed by atoms with Gasteiger partial charge in [-0.05, 0) is 11.5 Å². The normalized spacial score (nSPS) is 14.8. The summed E-state index contributed by atoms with van der Waals surface area (Å²) in [4.78, 5) is 25.1. The number of carbonyl (C=O) groups is 2. The second-order valence-corrected chi connectivity index (χ2v) is 8.01. The van der Waals surface area contributed by atoms with E-state index in [0.29, 0.717) is 36.4 Å². The lowest BCUT2D eigenvalue weighted by Crippen LogP contribution is -2.51. The Morgan fingerprint density at radius 3 is 2.50 bits per heavy atom. The number of aromatic nitrogens is 2. The molecule has 0 saturated carbocycles. The quantitative estimate of drug-likeness (QED) is 0.603. The number of esters is 1. The first-order valence-corrected chi connectivity index (χ1v) is 9.26. The minimum absolute atomic E-state index is 0.0239. The fourth-order valence-corrected chi connectivity index (χ4v) is 3.26. The Kier molecular flexibility index (Phi) is 5.89. The number of hydrogen-bond acceptors (Lipinski definition) is 5. The number of methoxy groups -OCH3 is 1. The number of hydrogen-bond donors (Lipinski definition) is 1. The molecule has 2 heterocycles. The second-order valence-electron chi connectivity index (χ2n) is 8.01. The molecular formula is C20H22F3N3O4. The van der Waals surface area contributed by atoms with E-state index in [1.807, 2.05) is 0 Å². The fourth-order valence-electron chi connectivity index (χ4n) is 3.26. The van der Waals surface area contributed by atoms with Gasteiger partial charge in [0.2, 0.25) is 0 Å². The Hall–Kier alpha value is -2.88. The fraction of sp³-hybridized carbons (Fsp3) is 0.450.